The SMILES string of the molecule is CCCNC(C)(CCCN(C)CC(C)C)C(N)=O. The van der Waals surface area contributed by atoms with E-state index in [2.05, 4.69) is 38.0 Å². The summed E-state index contributed by atoms with van der Waals surface area (Å²) in [4.78, 5) is 13.8. The maximum absolute atomic E-state index is 11.5. The van der Waals surface area contributed by atoms with E-state index in [1.807, 2.05) is 6.92 Å². The largest absolute Gasteiger partial charge is 0.368 e. The molecule has 1 amide bonds. The van der Waals surface area contributed by atoms with Gasteiger partial charge in [0.05, 0.1) is 5.54 Å². The fraction of sp³-hybridized carbons (Fsp3) is 0.929. The van der Waals surface area contributed by atoms with Gasteiger partial charge in [0, 0.05) is 6.54 Å². The standard InChI is InChI=1S/C14H31N3O/c1-6-9-16-14(4,13(15)18)8-7-10-17(5)11-12(2)3/h12,16H,6-11H2,1-5H3,(H2,15,18). The minimum atomic E-state index is -0.561. The second-order valence-corrected chi connectivity index (χ2v) is 5.88. The molecule has 0 saturated heterocycles. The molecule has 4 nitrogen and oxygen atoms in total. The molecule has 18 heavy (non-hydrogen) atoms. The summed E-state index contributed by atoms with van der Waals surface area (Å²) < 4.78 is 0. The molecule has 0 spiro atoms. The van der Waals surface area contributed by atoms with Crippen molar-refractivity contribution in [1.82, 2.24) is 10.2 Å². The van der Waals surface area contributed by atoms with Crippen molar-refractivity contribution < 1.29 is 4.79 Å². The lowest BCUT2D eigenvalue weighted by atomic mass is 9.94. The second kappa shape index (κ2) is 8.48. The number of carbonyl (C=O) groups excluding carboxylic acids is 1. The Morgan fingerprint density at radius 3 is 2.50 bits per heavy atom. The molecule has 0 saturated carbocycles. The monoisotopic (exact) mass is 257 g/mol. The Balaban J connectivity index is 4.08. The van der Waals surface area contributed by atoms with E-state index in [1.165, 1.54) is 0 Å². The van der Waals surface area contributed by atoms with Crippen LogP contribution in [0.4, 0.5) is 0 Å². The highest BCUT2D eigenvalue weighted by atomic mass is 16.1. The molecule has 0 radical (unpaired) electrons. The number of nitrogens with zero attached hydrogens (tertiary/aromatic N) is 1. The maximum atomic E-state index is 11.5. The van der Waals surface area contributed by atoms with Gasteiger partial charge in [0.25, 0.3) is 0 Å². The second-order valence-electron chi connectivity index (χ2n) is 5.88. The number of hydrogen-bond donors (Lipinski definition) is 2. The summed E-state index contributed by atoms with van der Waals surface area (Å²) in [5, 5.41) is 3.27. The molecule has 0 aliphatic carbocycles. The van der Waals surface area contributed by atoms with E-state index in [0.717, 1.165) is 38.9 Å². The van der Waals surface area contributed by atoms with Gasteiger partial charge < -0.3 is 16.0 Å². The molecule has 0 bridgehead atoms. The molecule has 4 heteroatoms. The summed E-state index contributed by atoms with van der Waals surface area (Å²) in [5.74, 6) is 0.429. The van der Waals surface area contributed by atoms with Crippen LogP contribution in [0.15, 0.2) is 0 Å². The number of hydrogen-bond acceptors (Lipinski definition) is 3. The molecule has 0 aromatic heterocycles. The van der Waals surface area contributed by atoms with Gasteiger partial charge in [-0.3, -0.25) is 4.79 Å². The summed E-state index contributed by atoms with van der Waals surface area (Å²) in [6, 6.07) is 0. The summed E-state index contributed by atoms with van der Waals surface area (Å²) in [6.07, 6.45) is 2.79. The van der Waals surface area contributed by atoms with Crippen LogP contribution >= 0.6 is 0 Å². The van der Waals surface area contributed by atoms with Gasteiger partial charge in [-0.1, -0.05) is 20.8 Å². The van der Waals surface area contributed by atoms with Gasteiger partial charge in [-0.2, -0.15) is 0 Å². The van der Waals surface area contributed by atoms with Crippen molar-refractivity contribution in [2.45, 2.75) is 52.5 Å². The quantitative estimate of drug-likeness (QED) is 0.625. The molecular formula is C14H31N3O. The lowest BCUT2D eigenvalue weighted by Crippen LogP contribution is -2.53. The molecule has 0 rings (SSSR count). The van der Waals surface area contributed by atoms with Gasteiger partial charge in [-0.25, -0.2) is 0 Å². The fourth-order valence-electron chi connectivity index (χ4n) is 2.12. The average molecular weight is 257 g/mol. The van der Waals surface area contributed by atoms with E-state index in [1.54, 1.807) is 0 Å². The van der Waals surface area contributed by atoms with Crippen molar-refractivity contribution in [2.75, 3.05) is 26.7 Å². The summed E-state index contributed by atoms with van der Waals surface area (Å²) in [6.45, 7) is 11.4. The minimum absolute atomic E-state index is 0.248. The third-order valence-corrected chi connectivity index (χ3v) is 3.20. The van der Waals surface area contributed by atoms with Crippen LogP contribution in [0.3, 0.4) is 0 Å². The van der Waals surface area contributed by atoms with Gasteiger partial charge in [0.1, 0.15) is 0 Å². The van der Waals surface area contributed by atoms with Gasteiger partial charge in [-0.05, 0) is 52.2 Å². The number of carbonyl (C=O) groups is 1. The predicted octanol–water partition coefficient (Wildman–Crippen LogP) is 1.60. The zero-order chi connectivity index (χ0) is 14.2. The predicted molar refractivity (Wildman–Crippen MR) is 77.5 cm³/mol. The number of nitrogens with one attached hydrogen (secondary N) is 1. The highest BCUT2D eigenvalue weighted by molar-refractivity contribution is 5.84. The first kappa shape index (κ1) is 17.4. The molecule has 0 aromatic carbocycles. The molecule has 0 aliphatic rings. The number of primary amides is 1. The van der Waals surface area contributed by atoms with E-state index >= 15 is 0 Å². The van der Waals surface area contributed by atoms with Crippen molar-refractivity contribution in [3.63, 3.8) is 0 Å². The van der Waals surface area contributed by atoms with Gasteiger partial charge in [0.2, 0.25) is 5.91 Å². The van der Waals surface area contributed by atoms with Crippen molar-refractivity contribution in [1.29, 1.82) is 0 Å². The molecule has 0 aliphatic heterocycles. The maximum Gasteiger partial charge on any atom is 0.237 e. The summed E-state index contributed by atoms with van der Waals surface area (Å²) in [7, 11) is 2.13. The van der Waals surface area contributed by atoms with Crippen molar-refractivity contribution in [2.24, 2.45) is 11.7 Å². The van der Waals surface area contributed by atoms with E-state index in [4.69, 9.17) is 5.73 Å². The van der Waals surface area contributed by atoms with E-state index in [9.17, 15) is 4.79 Å². The molecular weight excluding hydrogens is 226 g/mol. The zero-order valence-electron chi connectivity index (χ0n) is 12.8. The Labute approximate surface area is 112 Å². The first-order valence-corrected chi connectivity index (χ1v) is 7.05. The topological polar surface area (TPSA) is 58.4 Å². The van der Waals surface area contributed by atoms with Crippen LogP contribution in [-0.4, -0.2) is 43.0 Å². The zero-order valence-corrected chi connectivity index (χ0v) is 12.8. The van der Waals surface area contributed by atoms with Crippen molar-refractivity contribution in [3.8, 4) is 0 Å². The van der Waals surface area contributed by atoms with Crippen LogP contribution in [0.25, 0.3) is 0 Å². The highest BCUT2D eigenvalue weighted by Gasteiger charge is 2.29. The van der Waals surface area contributed by atoms with Crippen LogP contribution in [0.2, 0.25) is 0 Å². The van der Waals surface area contributed by atoms with Gasteiger partial charge >= 0.3 is 0 Å². The van der Waals surface area contributed by atoms with Crippen LogP contribution in [0.5, 0.6) is 0 Å². The fourth-order valence-corrected chi connectivity index (χ4v) is 2.12. The Morgan fingerprint density at radius 1 is 1.44 bits per heavy atom. The van der Waals surface area contributed by atoms with Crippen LogP contribution in [0.1, 0.15) is 47.0 Å². The Bertz CT molecular complexity index is 243. The van der Waals surface area contributed by atoms with Crippen LogP contribution in [-0.2, 0) is 4.79 Å². The number of rotatable bonds is 10. The third-order valence-electron chi connectivity index (χ3n) is 3.20. The van der Waals surface area contributed by atoms with Crippen molar-refractivity contribution in [3.05, 3.63) is 0 Å². The molecule has 1 atom stereocenters. The van der Waals surface area contributed by atoms with Crippen LogP contribution in [0, 0.1) is 5.92 Å². The smallest absolute Gasteiger partial charge is 0.237 e. The Hall–Kier alpha value is -0.610. The van der Waals surface area contributed by atoms with Gasteiger partial charge in [-0.15, -0.1) is 0 Å². The first-order chi connectivity index (χ1) is 8.31. The van der Waals surface area contributed by atoms with Gasteiger partial charge in [0.15, 0.2) is 0 Å². The number of nitrogens with two attached hydrogens (primary N) is 1. The summed E-state index contributed by atoms with van der Waals surface area (Å²) in [5.41, 5.74) is 4.93. The average Bonchev–Trinajstić information content (AvgIpc) is 2.25. The lowest BCUT2D eigenvalue weighted by molar-refractivity contribution is -0.124. The molecule has 1 unspecified atom stereocenters. The van der Waals surface area contributed by atoms with Crippen LogP contribution < -0.4 is 11.1 Å². The van der Waals surface area contributed by atoms with E-state index in [0.29, 0.717) is 5.92 Å². The highest BCUT2D eigenvalue weighted by Crippen LogP contribution is 2.12. The van der Waals surface area contributed by atoms with Crippen molar-refractivity contribution >= 4 is 5.91 Å². The normalized spacial score (nSPS) is 15.1. The Kier molecular flexibility index (Phi) is 8.20. The molecule has 0 fully saturated rings. The van der Waals surface area contributed by atoms with E-state index < -0.39 is 5.54 Å². The molecule has 3 N–H and O–H groups in total. The Morgan fingerprint density at radius 2 is 2.06 bits per heavy atom. The molecule has 108 valence electrons. The molecule has 0 aromatic rings. The lowest BCUT2D eigenvalue weighted by Gasteiger charge is -2.28. The minimum Gasteiger partial charge on any atom is -0.368 e. The summed E-state index contributed by atoms with van der Waals surface area (Å²) >= 11 is 0. The third kappa shape index (κ3) is 6.97. The molecule has 0 heterocycles. The van der Waals surface area contributed by atoms with E-state index in [-0.39, 0.29) is 5.91 Å². The first-order valence-electron chi connectivity index (χ1n) is 7.05. The number of amides is 1.